The maximum absolute atomic E-state index is 15.2. The topological polar surface area (TPSA) is 170 Å². The second kappa shape index (κ2) is 25.9. The van der Waals surface area contributed by atoms with E-state index in [1.165, 1.54) is 21.3 Å². The van der Waals surface area contributed by atoms with Crippen LogP contribution in [0.25, 0.3) is 33.2 Å². The van der Waals surface area contributed by atoms with Gasteiger partial charge in [0, 0.05) is 63.7 Å². The summed E-state index contributed by atoms with van der Waals surface area (Å²) in [7, 11) is 0. The van der Waals surface area contributed by atoms with Crippen LogP contribution < -0.4 is 21.6 Å². The van der Waals surface area contributed by atoms with E-state index in [2.05, 4.69) is 64.0 Å². The zero-order valence-corrected chi connectivity index (χ0v) is 52.5. The van der Waals surface area contributed by atoms with E-state index in [1.807, 2.05) is 101 Å². The van der Waals surface area contributed by atoms with Crippen molar-refractivity contribution in [3.63, 3.8) is 0 Å². The molecule has 2 aliphatic heterocycles. The van der Waals surface area contributed by atoms with Crippen molar-refractivity contribution >= 4 is 106 Å². The van der Waals surface area contributed by atoms with Crippen molar-refractivity contribution in [1.29, 1.82) is 0 Å². The van der Waals surface area contributed by atoms with Crippen LogP contribution in [0, 0.1) is 25.5 Å². The lowest BCUT2D eigenvalue weighted by molar-refractivity contribution is 0.0190. The number of anilines is 1. The summed E-state index contributed by atoms with van der Waals surface area (Å²) < 4.78 is 43.4. The molecule has 79 heavy (non-hydrogen) atoms. The van der Waals surface area contributed by atoms with Crippen LogP contribution in [-0.4, -0.2) is 114 Å². The quantitative estimate of drug-likeness (QED) is 0.119. The molecule has 2 aromatic carbocycles. The van der Waals surface area contributed by atoms with Crippen molar-refractivity contribution in [2.75, 3.05) is 44.2 Å². The van der Waals surface area contributed by atoms with Gasteiger partial charge in [-0.25, -0.2) is 28.0 Å². The Labute approximate surface area is 491 Å². The lowest BCUT2D eigenvalue weighted by Gasteiger charge is -2.42. The molecule has 6 heterocycles. The largest absolute Gasteiger partial charge is 0.444 e. The van der Waals surface area contributed by atoms with Crippen LogP contribution >= 0.6 is 66.7 Å². The van der Waals surface area contributed by atoms with Gasteiger partial charge in [-0.1, -0.05) is 76.3 Å². The minimum Gasteiger partial charge on any atom is -0.444 e. The molecule has 428 valence electrons. The highest BCUT2D eigenvalue weighted by molar-refractivity contribution is 9.11. The monoisotopic (exact) mass is 1280 g/mol. The van der Waals surface area contributed by atoms with Gasteiger partial charge in [0.25, 0.3) is 0 Å². The number of ether oxygens (including phenoxy) is 2. The van der Waals surface area contributed by atoms with E-state index in [0.29, 0.717) is 65.7 Å². The lowest BCUT2D eigenvalue weighted by atomic mass is 10.0. The number of carbonyl (C=O) groups is 2. The second-order valence-electron chi connectivity index (χ2n) is 22.0. The average molecular weight is 1280 g/mol. The first kappa shape index (κ1) is 63.2. The number of amides is 2. The molecular weight excluding hydrogens is 1210 g/mol. The van der Waals surface area contributed by atoms with E-state index >= 15 is 4.39 Å². The zero-order valence-electron chi connectivity index (χ0n) is 47.1. The van der Waals surface area contributed by atoms with Gasteiger partial charge < -0.3 is 29.5 Å². The number of nitrogens with zero attached hydrogens (tertiary/aromatic N) is 9. The molecule has 23 heteroatoms. The highest BCUT2D eigenvalue weighted by atomic mass is 79.9. The maximum atomic E-state index is 15.2. The SMILES string of the molecule is CC[C@@H]1CN(C(=O)OC(C)(C)C)CCN1.CC[C@@H]1CN(C(=O)OC(C)(C)C)CCN1c1nc(=O)n(-c2c(C)ccnc2C(C)C)c2cc(Cl)c(F)c(Br)c12.Cc1ccnc(C(C)C)c1-n1c(=O)nc(Cl)c2c(Br)c(F)c(Cl)cc21. The van der Waals surface area contributed by atoms with Crippen molar-refractivity contribution in [2.45, 2.75) is 145 Å². The number of hydrogen-bond acceptors (Lipinski definition) is 12. The predicted octanol–water partition coefficient (Wildman–Crippen LogP) is 13.6. The molecule has 0 saturated carbocycles. The van der Waals surface area contributed by atoms with Gasteiger partial charge >= 0.3 is 23.6 Å². The van der Waals surface area contributed by atoms with Crippen LogP contribution in [0.5, 0.6) is 0 Å². The first-order valence-corrected chi connectivity index (χ1v) is 28.9. The first-order chi connectivity index (χ1) is 36.9. The number of carbonyl (C=O) groups excluding carboxylic acids is 2. The number of aromatic nitrogens is 6. The van der Waals surface area contributed by atoms with Crippen molar-refractivity contribution in [3.05, 3.63) is 116 Å². The summed E-state index contributed by atoms with van der Waals surface area (Å²) >= 11 is 25.0. The Morgan fingerprint density at radius 2 is 1.16 bits per heavy atom. The van der Waals surface area contributed by atoms with E-state index in [1.54, 1.807) is 28.3 Å². The number of aryl methyl sites for hydroxylation is 2. The summed E-state index contributed by atoms with van der Waals surface area (Å²) in [6, 6.07) is 6.71. The Balaban J connectivity index is 0.000000214. The van der Waals surface area contributed by atoms with E-state index in [0.717, 1.165) is 48.6 Å². The number of pyridine rings is 2. The van der Waals surface area contributed by atoms with Gasteiger partial charge in [0.15, 0.2) is 11.6 Å². The minimum atomic E-state index is -0.657. The molecule has 2 atom stereocenters. The van der Waals surface area contributed by atoms with Gasteiger partial charge in [-0.3, -0.25) is 19.1 Å². The molecule has 0 aliphatic carbocycles. The normalized spacial score (nSPS) is 16.0. The molecule has 6 aromatic rings. The number of rotatable bonds is 7. The molecule has 0 spiro atoms. The summed E-state index contributed by atoms with van der Waals surface area (Å²) in [6.45, 7) is 30.5. The van der Waals surface area contributed by atoms with Gasteiger partial charge in [0.05, 0.1) is 63.6 Å². The zero-order chi connectivity index (χ0) is 58.7. The summed E-state index contributed by atoms with van der Waals surface area (Å²) in [4.78, 5) is 73.8. The van der Waals surface area contributed by atoms with Gasteiger partial charge in [0.1, 0.15) is 22.2 Å². The van der Waals surface area contributed by atoms with E-state index in [4.69, 9.17) is 44.3 Å². The summed E-state index contributed by atoms with van der Waals surface area (Å²) in [5.74, 6) is -0.866. The van der Waals surface area contributed by atoms with E-state index in [9.17, 15) is 23.6 Å². The third-order valence-electron chi connectivity index (χ3n) is 13.1. The number of hydrogen-bond donors (Lipinski definition) is 1. The van der Waals surface area contributed by atoms with Gasteiger partial charge in [-0.15, -0.1) is 0 Å². The molecular formula is C56H69Br2Cl3F2N10O6. The molecule has 0 unspecified atom stereocenters. The molecule has 2 saturated heterocycles. The number of benzene rings is 2. The highest BCUT2D eigenvalue weighted by Crippen LogP contribution is 2.40. The van der Waals surface area contributed by atoms with E-state index in [-0.39, 0.29) is 59.6 Å². The molecule has 8 rings (SSSR count). The van der Waals surface area contributed by atoms with Crippen LogP contribution in [0.4, 0.5) is 24.2 Å². The summed E-state index contributed by atoms with van der Waals surface area (Å²) in [6.07, 6.45) is 4.52. The number of fused-ring (bicyclic) bond motifs is 2. The fourth-order valence-electron chi connectivity index (χ4n) is 9.30. The average Bonchev–Trinajstić information content (AvgIpc) is 3.38. The maximum Gasteiger partial charge on any atom is 0.410 e. The number of piperazine rings is 2. The fraction of sp³-hybridized carbons (Fsp3) is 0.500. The van der Waals surface area contributed by atoms with Crippen molar-refractivity contribution < 1.29 is 27.8 Å². The smallest absolute Gasteiger partial charge is 0.410 e. The summed E-state index contributed by atoms with van der Waals surface area (Å²) in [5, 5.41) is 3.74. The van der Waals surface area contributed by atoms with Crippen LogP contribution in [0.2, 0.25) is 15.2 Å². The number of nitrogens with one attached hydrogen (secondary N) is 1. The molecule has 2 amide bonds. The van der Waals surface area contributed by atoms with Crippen molar-refractivity contribution in [2.24, 2.45) is 0 Å². The number of halogens is 7. The Morgan fingerprint density at radius 1 is 0.709 bits per heavy atom. The van der Waals surface area contributed by atoms with Crippen molar-refractivity contribution in [1.82, 2.24) is 44.2 Å². The third-order valence-corrected chi connectivity index (χ3v) is 15.4. The molecule has 16 nitrogen and oxygen atoms in total. The van der Waals surface area contributed by atoms with Crippen molar-refractivity contribution in [3.8, 4) is 11.4 Å². The van der Waals surface area contributed by atoms with Crippen LogP contribution in [0.3, 0.4) is 0 Å². The molecule has 2 fully saturated rings. The fourth-order valence-corrected chi connectivity index (χ4v) is 11.5. The Bertz CT molecular complexity index is 3390. The van der Waals surface area contributed by atoms with Gasteiger partial charge in [-0.05, 0) is 147 Å². The highest BCUT2D eigenvalue weighted by Gasteiger charge is 2.35. The predicted molar refractivity (Wildman–Crippen MR) is 317 cm³/mol. The Kier molecular flexibility index (Phi) is 20.7. The summed E-state index contributed by atoms with van der Waals surface area (Å²) in [5.41, 5.74) is 3.01. The molecule has 0 bridgehead atoms. The van der Waals surface area contributed by atoms with Crippen LogP contribution in [0.1, 0.15) is 130 Å². The molecule has 0 radical (unpaired) electrons. The first-order valence-electron chi connectivity index (χ1n) is 26.1. The van der Waals surface area contributed by atoms with Gasteiger partial charge in [-0.2, -0.15) is 9.97 Å². The molecule has 2 aliphatic rings. The molecule has 1 N–H and O–H groups in total. The van der Waals surface area contributed by atoms with Gasteiger partial charge in [0.2, 0.25) is 0 Å². The second-order valence-corrected chi connectivity index (χ2v) is 24.8. The Morgan fingerprint density at radius 3 is 1.62 bits per heavy atom. The Hall–Kier alpha value is -4.99. The third kappa shape index (κ3) is 14.4. The van der Waals surface area contributed by atoms with Crippen LogP contribution in [0.15, 0.2) is 55.2 Å². The van der Waals surface area contributed by atoms with Crippen LogP contribution in [-0.2, 0) is 9.47 Å². The standard InChI is InChI=1S/C28H34BrClFN5O3.C17H13BrCl2FN3O.C11H22N2O2/c1-8-17-14-34(27(38)39-28(5,6)7)11-12-35(17)25-20-19(13-18(30)22(31)21(20)29)36(26(37)33-25)24-16(4)9-10-32-23(24)15(2)3;1-7(2)14-15(8(3)4-5-22-14)24-10-6-9(19)13(21)12(18)11(10)16(20)23-17(24)25;1-5-9-8-13(7-6-12-9)10(14)15-11(2,3)4/h9-10,13,15,17H,8,11-12,14H2,1-7H3;4-7H,1-3H3;9,12H,5-8H2,1-4H3/t17-;;9-/m1.1/s1. The van der Waals surface area contributed by atoms with E-state index < -0.39 is 34.2 Å². The minimum absolute atomic E-state index is 0.0197. The molecule has 4 aromatic heterocycles. The lowest BCUT2D eigenvalue weighted by Crippen LogP contribution is -2.56.